The van der Waals surface area contributed by atoms with Gasteiger partial charge in [0.15, 0.2) is 0 Å². The summed E-state index contributed by atoms with van der Waals surface area (Å²) in [6.07, 6.45) is 1.39. The number of hydrogen-bond acceptors (Lipinski definition) is 3. The van der Waals surface area contributed by atoms with Crippen LogP contribution in [-0.4, -0.2) is 42.9 Å². The first kappa shape index (κ1) is 12.9. The highest BCUT2D eigenvalue weighted by Crippen LogP contribution is 2.08. The maximum Gasteiger partial charge on any atom is 0.410 e. The zero-order valence-corrected chi connectivity index (χ0v) is 9.70. The molecule has 0 rings (SSSR count). The summed E-state index contributed by atoms with van der Waals surface area (Å²) in [5.41, 5.74) is -0.437. The van der Waals surface area contributed by atoms with Gasteiger partial charge < -0.3 is 9.64 Å². The summed E-state index contributed by atoms with van der Waals surface area (Å²) in [6.45, 7) is 8.71. The highest BCUT2D eigenvalue weighted by atomic mass is 16.6. The lowest BCUT2D eigenvalue weighted by molar-refractivity contribution is 0.0325. The second kappa shape index (κ2) is 5.62. The molecule has 0 aromatic heterocycles. The quantitative estimate of drug-likeness (QED) is 0.653. The number of amides is 1. The van der Waals surface area contributed by atoms with Gasteiger partial charge in [-0.05, 0) is 27.7 Å². The van der Waals surface area contributed by atoms with E-state index in [-0.39, 0.29) is 6.09 Å². The summed E-state index contributed by atoms with van der Waals surface area (Å²) in [5, 5.41) is 0. The summed E-state index contributed by atoms with van der Waals surface area (Å²) in [6, 6.07) is 0. The van der Waals surface area contributed by atoms with Gasteiger partial charge in [-0.1, -0.05) is 0 Å². The first-order valence-electron chi connectivity index (χ1n) is 4.79. The van der Waals surface area contributed by atoms with Crippen molar-refractivity contribution >= 4 is 12.3 Å². The van der Waals surface area contributed by atoms with E-state index in [0.717, 1.165) is 6.54 Å². The van der Waals surface area contributed by atoms with E-state index >= 15 is 0 Å². The maximum atomic E-state index is 11.4. The van der Waals surface area contributed by atoms with Crippen LogP contribution in [0.2, 0.25) is 0 Å². The Morgan fingerprint density at radius 2 is 2.07 bits per heavy atom. The topological polar surface area (TPSA) is 41.9 Å². The molecule has 4 heteroatoms. The highest BCUT2D eigenvalue weighted by molar-refractivity contribution is 5.72. The predicted molar refractivity (Wildman–Crippen MR) is 57.9 cm³/mol. The molecule has 0 fully saturated rings. The summed E-state index contributed by atoms with van der Waals surface area (Å²) in [7, 11) is 1.69. The zero-order valence-electron chi connectivity index (χ0n) is 9.70. The molecule has 0 unspecified atom stereocenters. The molecule has 0 heterocycles. The maximum absolute atomic E-state index is 11.4. The van der Waals surface area contributed by atoms with Crippen molar-refractivity contribution in [1.82, 2.24) is 4.90 Å². The SMILES string of the molecule is CC/N=C/CN(C)C(=O)OC(C)(C)C. The van der Waals surface area contributed by atoms with Crippen LogP contribution in [0.1, 0.15) is 27.7 Å². The van der Waals surface area contributed by atoms with Crippen LogP contribution in [0.3, 0.4) is 0 Å². The van der Waals surface area contributed by atoms with Crippen LogP contribution < -0.4 is 0 Å². The van der Waals surface area contributed by atoms with Crippen LogP contribution in [0.15, 0.2) is 4.99 Å². The van der Waals surface area contributed by atoms with Gasteiger partial charge in [-0.25, -0.2) is 4.79 Å². The van der Waals surface area contributed by atoms with Crippen LogP contribution in [0.4, 0.5) is 4.79 Å². The first-order chi connectivity index (χ1) is 6.37. The number of carbonyl (C=O) groups excluding carboxylic acids is 1. The molecule has 0 atom stereocenters. The molecule has 0 aliphatic rings. The molecule has 0 radical (unpaired) electrons. The summed E-state index contributed by atoms with van der Waals surface area (Å²) < 4.78 is 5.16. The van der Waals surface area contributed by atoms with Crippen molar-refractivity contribution in [2.75, 3.05) is 20.1 Å². The number of nitrogens with zero attached hydrogens (tertiary/aromatic N) is 2. The fourth-order valence-electron chi connectivity index (χ4n) is 0.724. The fourth-order valence-corrected chi connectivity index (χ4v) is 0.724. The van der Waals surface area contributed by atoms with Gasteiger partial charge >= 0.3 is 6.09 Å². The van der Waals surface area contributed by atoms with E-state index in [1.54, 1.807) is 13.3 Å². The van der Waals surface area contributed by atoms with Crippen molar-refractivity contribution in [3.63, 3.8) is 0 Å². The van der Waals surface area contributed by atoms with Gasteiger partial charge in [0.2, 0.25) is 0 Å². The minimum absolute atomic E-state index is 0.319. The Morgan fingerprint density at radius 1 is 1.50 bits per heavy atom. The average Bonchev–Trinajstić information content (AvgIpc) is 2.01. The Labute approximate surface area is 86.0 Å². The number of rotatable bonds is 3. The third kappa shape index (κ3) is 6.46. The summed E-state index contributed by atoms with van der Waals surface area (Å²) in [4.78, 5) is 16.9. The Morgan fingerprint density at radius 3 is 2.50 bits per heavy atom. The summed E-state index contributed by atoms with van der Waals surface area (Å²) >= 11 is 0. The van der Waals surface area contributed by atoms with E-state index in [4.69, 9.17) is 4.74 Å². The molecule has 82 valence electrons. The third-order valence-corrected chi connectivity index (χ3v) is 1.37. The van der Waals surface area contributed by atoms with Crippen LogP contribution in [0.25, 0.3) is 0 Å². The highest BCUT2D eigenvalue weighted by Gasteiger charge is 2.18. The lowest BCUT2D eigenvalue weighted by Gasteiger charge is -2.23. The Bertz CT molecular complexity index is 207. The van der Waals surface area contributed by atoms with Crippen LogP contribution >= 0.6 is 0 Å². The molecular weight excluding hydrogens is 180 g/mol. The minimum Gasteiger partial charge on any atom is -0.444 e. The molecule has 0 saturated carbocycles. The monoisotopic (exact) mass is 200 g/mol. The third-order valence-electron chi connectivity index (χ3n) is 1.37. The zero-order chi connectivity index (χ0) is 11.2. The van der Waals surface area contributed by atoms with Crippen molar-refractivity contribution in [3.05, 3.63) is 0 Å². The second-order valence-electron chi connectivity index (χ2n) is 4.04. The van der Waals surface area contributed by atoms with Gasteiger partial charge in [0.25, 0.3) is 0 Å². The molecule has 0 aliphatic heterocycles. The molecule has 0 aromatic carbocycles. The van der Waals surface area contributed by atoms with Crippen molar-refractivity contribution in [2.24, 2.45) is 4.99 Å². The second-order valence-corrected chi connectivity index (χ2v) is 4.04. The minimum atomic E-state index is -0.437. The molecule has 0 spiro atoms. The number of hydrogen-bond donors (Lipinski definition) is 0. The number of aliphatic imine (C=N–C) groups is 1. The molecule has 0 aromatic rings. The largest absolute Gasteiger partial charge is 0.444 e. The lowest BCUT2D eigenvalue weighted by atomic mass is 10.2. The van der Waals surface area contributed by atoms with Crippen molar-refractivity contribution in [1.29, 1.82) is 0 Å². The molecular formula is C10H20N2O2. The molecule has 4 nitrogen and oxygen atoms in total. The van der Waals surface area contributed by atoms with Crippen molar-refractivity contribution in [3.8, 4) is 0 Å². The van der Waals surface area contributed by atoms with Gasteiger partial charge in [-0.2, -0.15) is 0 Å². The first-order valence-corrected chi connectivity index (χ1v) is 4.79. The van der Waals surface area contributed by atoms with Crippen molar-refractivity contribution < 1.29 is 9.53 Å². The van der Waals surface area contributed by atoms with E-state index in [9.17, 15) is 4.79 Å². The fraction of sp³-hybridized carbons (Fsp3) is 0.800. The van der Waals surface area contributed by atoms with E-state index in [0.29, 0.717) is 6.54 Å². The van der Waals surface area contributed by atoms with Gasteiger partial charge in [0, 0.05) is 19.8 Å². The van der Waals surface area contributed by atoms with Gasteiger partial charge in [0.1, 0.15) is 5.60 Å². The van der Waals surface area contributed by atoms with E-state index in [1.807, 2.05) is 27.7 Å². The van der Waals surface area contributed by atoms with Crippen LogP contribution in [0.5, 0.6) is 0 Å². The van der Waals surface area contributed by atoms with E-state index in [2.05, 4.69) is 4.99 Å². The summed E-state index contributed by atoms with van der Waals surface area (Å²) in [5.74, 6) is 0. The average molecular weight is 200 g/mol. The van der Waals surface area contributed by atoms with E-state index < -0.39 is 5.60 Å². The van der Waals surface area contributed by atoms with Gasteiger partial charge in [-0.3, -0.25) is 4.99 Å². The van der Waals surface area contributed by atoms with Gasteiger partial charge in [0.05, 0.1) is 6.54 Å². The molecule has 0 N–H and O–H groups in total. The normalized spacial score (nSPS) is 11.8. The van der Waals surface area contributed by atoms with E-state index in [1.165, 1.54) is 4.90 Å². The number of carbonyl (C=O) groups is 1. The smallest absolute Gasteiger partial charge is 0.410 e. The molecule has 0 aliphatic carbocycles. The lowest BCUT2D eigenvalue weighted by Crippen LogP contribution is -2.35. The Balaban J connectivity index is 3.94. The van der Waals surface area contributed by atoms with Crippen LogP contribution in [-0.2, 0) is 4.74 Å². The molecule has 0 saturated heterocycles. The predicted octanol–water partition coefficient (Wildman–Crippen LogP) is 1.94. The Kier molecular flexibility index (Phi) is 5.20. The Hall–Kier alpha value is -1.06. The standard InChI is InChI=1S/C10H20N2O2/c1-6-11-7-8-12(5)9(13)14-10(2,3)4/h7H,6,8H2,1-5H3/b11-7+. The van der Waals surface area contributed by atoms with Crippen LogP contribution in [0, 0.1) is 0 Å². The molecule has 14 heavy (non-hydrogen) atoms. The van der Waals surface area contributed by atoms with Gasteiger partial charge in [-0.15, -0.1) is 0 Å². The molecule has 1 amide bonds. The number of ether oxygens (including phenoxy) is 1. The van der Waals surface area contributed by atoms with Crippen molar-refractivity contribution in [2.45, 2.75) is 33.3 Å². The molecule has 0 bridgehead atoms.